The van der Waals surface area contributed by atoms with Crippen LogP contribution in [0, 0.1) is 0 Å². The Morgan fingerprint density at radius 3 is 2.16 bits per heavy atom. The minimum Gasteiger partial charge on any atom is -0.482 e. The van der Waals surface area contributed by atoms with Crippen LogP contribution in [0.2, 0.25) is 0 Å². The fourth-order valence-electron chi connectivity index (χ4n) is 4.81. The van der Waals surface area contributed by atoms with Crippen molar-refractivity contribution in [3.8, 4) is 5.75 Å². The molecule has 0 unspecified atom stereocenters. The van der Waals surface area contributed by atoms with E-state index in [1.165, 1.54) is 0 Å². The van der Waals surface area contributed by atoms with E-state index in [2.05, 4.69) is 23.6 Å². The summed E-state index contributed by atoms with van der Waals surface area (Å²) < 4.78 is 6.53. The number of carbonyl (C=O) groups excluding carboxylic acids is 2. The molecule has 0 radical (unpaired) electrons. The number of carbonyl (C=O) groups is 2. The first-order valence-corrected chi connectivity index (χ1v) is 14.4. The normalized spacial score (nSPS) is 14.9. The van der Waals surface area contributed by atoms with Crippen LogP contribution in [-0.4, -0.2) is 55.0 Å². The van der Waals surface area contributed by atoms with Gasteiger partial charge in [0.25, 0.3) is 11.8 Å². The van der Waals surface area contributed by atoms with Crippen molar-refractivity contribution in [3.63, 3.8) is 0 Å². The van der Waals surface area contributed by atoms with Crippen LogP contribution < -0.4 is 15.4 Å². The van der Waals surface area contributed by atoms with E-state index < -0.39 is 0 Å². The summed E-state index contributed by atoms with van der Waals surface area (Å²) in [4.78, 5) is 27.3. The van der Waals surface area contributed by atoms with Gasteiger partial charge in [-0.2, -0.15) is 0 Å². The fourth-order valence-corrected chi connectivity index (χ4v) is 4.81. The van der Waals surface area contributed by atoms with Crippen molar-refractivity contribution in [1.29, 1.82) is 0 Å². The molecule has 6 heteroatoms. The molecule has 2 aliphatic heterocycles. The highest BCUT2D eigenvalue weighted by molar-refractivity contribution is 5.97. The molecule has 4 rings (SSSR count). The summed E-state index contributed by atoms with van der Waals surface area (Å²) in [5.74, 6) is 0.765. The topological polar surface area (TPSA) is 70.7 Å². The largest absolute Gasteiger partial charge is 0.482 e. The van der Waals surface area contributed by atoms with E-state index in [9.17, 15) is 9.59 Å². The van der Waals surface area contributed by atoms with Gasteiger partial charge in [-0.25, -0.2) is 0 Å². The second-order valence-corrected chi connectivity index (χ2v) is 9.01. The fraction of sp³-hybridized carbons (Fsp3) is 0.500. The van der Waals surface area contributed by atoms with Crippen LogP contribution in [0.25, 0.3) is 5.57 Å². The first-order valence-electron chi connectivity index (χ1n) is 14.4. The Labute approximate surface area is 229 Å². The summed E-state index contributed by atoms with van der Waals surface area (Å²) in [6.45, 7) is 17.8. The van der Waals surface area contributed by atoms with Gasteiger partial charge in [0.15, 0.2) is 0 Å². The van der Waals surface area contributed by atoms with Crippen molar-refractivity contribution in [1.82, 2.24) is 15.5 Å². The molecule has 2 heterocycles. The SMILES string of the molecule is CC.CC.CCCN(CC)C(=O)c1ccc(C2=CC3(CCNCC3)Oc3ccc(C(=O)NCC)cc32)cc1. The first kappa shape index (κ1) is 31.1. The highest BCUT2D eigenvalue weighted by Gasteiger charge is 2.37. The lowest BCUT2D eigenvalue weighted by molar-refractivity contribution is 0.0763. The molecule has 1 fully saturated rings. The van der Waals surface area contributed by atoms with Crippen LogP contribution in [0.5, 0.6) is 5.75 Å². The van der Waals surface area contributed by atoms with E-state index in [0.29, 0.717) is 24.2 Å². The predicted molar refractivity (Wildman–Crippen MR) is 158 cm³/mol. The molecule has 6 nitrogen and oxygen atoms in total. The summed E-state index contributed by atoms with van der Waals surface area (Å²) in [7, 11) is 0. The molecule has 0 bridgehead atoms. The van der Waals surface area contributed by atoms with Gasteiger partial charge in [0.05, 0.1) is 0 Å². The predicted octanol–water partition coefficient (Wildman–Crippen LogP) is 6.31. The molecule has 2 N–H and O–H groups in total. The Morgan fingerprint density at radius 1 is 0.947 bits per heavy atom. The van der Waals surface area contributed by atoms with E-state index in [1.54, 1.807) is 0 Å². The Balaban J connectivity index is 0.00000121. The molecule has 38 heavy (non-hydrogen) atoms. The van der Waals surface area contributed by atoms with Gasteiger partial charge in [-0.15, -0.1) is 0 Å². The van der Waals surface area contributed by atoms with Crippen LogP contribution in [0.1, 0.15) is 99.6 Å². The number of hydrogen-bond donors (Lipinski definition) is 2. The van der Waals surface area contributed by atoms with Crippen LogP contribution in [0.15, 0.2) is 48.5 Å². The zero-order chi connectivity index (χ0) is 28.1. The molecule has 2 aromatic carbocycles. The zero-order valence-corrected chi connectivity index (χ0v) is 24.4. The number of nitrogens with one attached hydrogen (secondary N) is 2. The monoisotopic (exact) mass is 521 g/mol. The van der Waals surface area contributed by atoms with Gasteiger partial charge in [-0.1, -0.05) is 46.8 Å². The number of ether oxygens (including phenoxy) is 1. The summed E-state index contributed by atoms with van der Waals surface area (Å²) in [6, 6.07) is 13.5. The highest BCUT2D eigenvalue weighted by atomic mass is 16.5. The third-order valence-electron chi connectivity index (χ3n) is 6.65. The van der Waals surface area contributed by atoms with E-state index in [4.69, 9.17) is 4.74 Å². The van der Waals surface area contributed by atoms with Gasteiger partial charge in [-0.3, -0.25) is 9.59 Å². The maximum Gasteiger partial charge on any atom is 0.253 e. The molecule has 208 valence electrons. The third kappa shape index (κ3) is 7.25. The standard InChI is InChI=1S/C28H35N3O3.2C2H6/c1-4-17-31(6-3)27(33)21-9-7-20(8-10-21)24-19-28(13-15-29-16-14-28)34-25-12-11-22(18-23(24)25)26(32)30-5-2;2*1-2/h7-12,18-19,29H,4-6,13-17H2,1-3H3,(H,30,32);2*1-2H3. The van der Waals surface area contributed by atoms with Crippen molar-refractivity contribution in [3.05, 3.63) is 70.8 Å². The van der Waals surface area contributed by atoms with Crippen molar-refractivity contribution in [2.24, 2.45) is 0 Å². The molecule has 1 saturated heterocycles. The molecular weight excluding hydrogens is 474 g/mol. The molecular formula is C32H47N3O3. The van der Waals surface area contributed by atoms with E-state index in [-0.39, 0.29) is 17.4 Å². The minimum absolute atomic E-state index is 0.0607. The Kier molecular flexibility index (Phi) is 12.5. The maximum atomic E-state index is 12.9. The molecule has 0 aliphatic carbocycles. The smallest absolute Gasteiger partial charge is 0.253 e. The van der Waals surface area contributed by atoms with Gasteiger partial charge < -0.3 is 20.3 Å². The van der Waals surface area contributed by atoms with Gasteiger partial charge in [0, 0.05) is 49.2 Å². The van der Waals surface area contributed by atoms with E-state index in [1.807, 2.05) is 88.9 Å². The molecule has 2 aliphatic rings. The Hall–Kier alpha value is -3.12. The lowest BCUT2D eigenvalue weighted by Gasteiger charge is -2.40. The average molecular weight is 522 g/mol. The number of benzene rings is 2. The van der Waals surface area contributed by atoms with Crippen molar-refractivity contribution >= 4 is 17.4 Å². The number of rotatable bonds is 7. The van der Waals surface area contributed by atoms with E-state index in [0.717, 1.165) is 61.3 Å². The number of nitrogens with zero attached hydrogens (tertiary/aromatic N) is 1. The Bertz CT molecular complexity index is 1070. The zero-order valence-electron chi connectivity index (χ0n) is 24.4. The second kappa shape index (κ2) is 15.3. The second-order valence-electron chi connectivity index (χ2n) is 9.01. The number of hydrogen-bond acceptors (Lipinski definition) is 4. The van der Waals surface area contributed by atoms with Crippen LogP contribution >= 0.6 is 0 Å². The Morgan fingerprint density at radius 2 is 1.58 bits per heavy atom. The average Bonchev–Trinajstić information content (AvgIpc) is 2.97. The van der Waals surface area contributed by atoms with Crippen LogP contribution in [0.4, 0.5) is 0 Å². The quantitative estimate of drug-likeness (QED) is 0.448. The minimum atomic E-state index is -0.366. The molecule has 2 aromatic rings. The first-order chi connectivity index (χ1) is 18.5. The summed E-state index contributed by atoms with van der Waals surface area (Å²) >= 11 is 0. The van der Waals surface area contributed by atoms with Crippen molar-refractivity contribution < 1.29 is 14.3 Å². The summed E-state index contributed by atoms with van der Waals surface area (Å²) in [5.41, 5.74) is 3.92. The third-order valence-corrected chi connectivity index (χ3v) is 6.65. The summed E-state index contributed by atoms with van der Waals surface area (Å²) in [6.07, 6.45) is 4.93. The number of fused-ring (bicyclic) bond motifs is 1. The highest BCUT2D eigenvalue weighted by Crippen LogP contribution is 2.43. The molecule has 0 atom stereocenters. The van der Waals surface area contributed by atoms with E-state index >= 15 is 0 Å². The number of amides is 2. The lowest BCUT2D eigenvalue weighted by Crippen LogP contribution is -2.46. The van der Waals surface area contributed by atoms with Crippen molar-refractivity contribution in [2.45, 2.75) is 73.3 Å². The lowest BCUT2D eigenvalue weighted by atomic mass is 9.83. The van der Waals surface area contributed by atoms with Crippen LogP contribution in [-0.2, 0) is 0 Å². The van der Waals surface area contributed by atoms with Gasteiger partial charge in [0.1, 0.15) is 11.4 Å². The molecule has 0 saturated carbocycles. The van der Waals surface area contributed by atoms with Gasteiger partial charge in [-0.05, 0) is 80.9 Å². The molecule has 0 aromatic heterocycles. The number of piperidine rings is 1. The van der Waals surface area contributed by atoms with Gasteiger partial charge in [0.2, 0.25) is 0 Å². The van der Waals surface area contributed by atoms with Gasteiger partial charge >= 0.3 is 0 Å². The van der Waals surface area contributed by atoms with Crippen molar-refractivity contribution in [2.75, 3.05) is 32.7 Å². The van der Waals surface area contributed by atoms with Crippen LogP contribution in [0.3, 0.4) is 0 Å². The summed E-state index contributed by atoms with van der Waals surface area (Å²) in [5, 5.41) is 6.29. The maximum absolute atomic E-state index is 12.9. The molecule has 2 amide bonds. The molecule has 1 spiro atoms.